The second kappa shape index (κ2) is 5.44. The van der Waals surface area contributed by atoms with E-state index in [0.29, 0.717) is 11.3 Å². The highest BCUT2D eigenvalue weighted by Crippen LogP contribution is 2.33. The van der Waals surface area contributed by atoms with Gasteiger partial charge in [-0.2, -0.15) is 0 Å². The summed E-state index contributed by atoms with van der Waals surface area (Å²) in [4.78, 5) is 37.7. The number of carbonyl (C=O) groups is 3. The van der Waals surface area contributed by atoms with E-state index in [1.165, 1.54) is 0 Å². The lowest BCUT2D eigenvalue weighted by molar-refractivity contribution is -0.126. The molecule has 1 N–H and O–H groups in total. The number of rotatable bonds is 4. The van der Waals surface area contributed by atoms with Gasteiger partial charge in [0.15, 0.2) is 0 Å². The Morgan fingerprint density at radius 1 is 1.32 bits per heavy atom. The van der Waals surface area contributed by atoms with Crippen molar-refractivity contribution < 1.29 is 19.1 Å². The summed E-state index contributed by atoms with van der Waals surface area (Å²) in [7, 11) is 1.55. The van der Waals surface area contributed by atoms with Gasteiger partial charge in [0.2, 0.25) is 11.8 Å². The van der Waals surface area contributed by atoms with Crippen LogP contribution in [0.15, 0.2) is 18.2 Å². The Kier molecular flexibility index (Phi) is 3.60. The molecule has 1 unspecified atom stereocenters. The second-order valence-electron chi connectivity index (χ2n) is 5.76. The van der Waals surface area contributed by atoms with Crippen LogP contribution in [0.3, 0.4) is 0 Å². The largest absolute Gasteiger partial charge is 0.496 e. The van der Waals surface area contributed by atoms with Crippen molar-refractivity contribution in [3.63, 3.8) is 0 Å². The van der Waals surface area contributed by atoms with Gasteiger partial charge in [0.25, 0.3) is 5.91 Å². The molecule has 3 amide bonds. The molecule has 1 aliphatic heterocycles. The summed E-state index contributed by atoms with van der Waals surface area (Å²) in [6.45, 7) is 1.90. The summed E-state index contributed by atoms with van der Waals surface area (Å²) in [5.74, 6) is -0.302. The number of amides is 3. The van der Waals surface area contributed by atoms with Crippen molar-refractivity contribution in [1.82, 2.24) is 10.2 Å². The van der Waals surface area contributed by atoms with E-state index in [9.17, 15) is 14.4 Å². The van der Waals surface area contributed by atoms with E-state index in [1.54, 1.807) is 24.1 Å². The van der Waals surface area contributed by atoms with E-state index in [0.717, 1.165) is 18.4 Å². The minimum atomic E-state index is -0.695. The number of methoxy groups -OCH3 is 1. The Balaban J connectivity index is 1.90. The number of hydrogen-bond acceptors (Lipinski definition) is 4. The molecule has 3 rings (SSSR count). The molecule has 1 saturated heterocycles. The Morgan fingerprint density at radius 3 is 2.59 bits per heavy atom. The van der Waals surface area contributed by atoms with Gasteiger partial charge in [-0.3, -0.25) is 19.7 Å². The van der Waals surface area contributed by atoms with Crippen LogP contribution in [0.25, 0.3) is 0 Å². The van der Waals surface area contributed by atoms with Gasteiger partial charge in [0.05, 0.1) is 13.5 Å². The number of ether oxygens (including phenoxy) is 1. The van der Waals surface area contributed by atoms with Gasteiger partial charge in [-0.15, -0.1) is 0 Å². The van der Waals surface area contributed by atoms with Crippen LogP contribution in [0.4, 0.5) is 0 Å². The summed E-state index contributed by atoms with van der Waals surface area (Å²) in [6, 6.07) is 4.57. The number of nitrogens with one attached hydrogen (secondary N) is 1. The molecular weight excluding hydrogens is 284 g/mol. The lowest BCUT2D eigenvalue weighted by Gasteiger charge is -2.27. The van der Waals surface area contributed by atoms with Crippen molar-refractivity contribution in [2.75, 3.05) is 7.11 Å². The topological polar surface area (TPSA) is 75.7 Å². The number of nitrogens with zero attached hydrogens (tertiary/aromatic N) is 1. The summed E-state index contributed by atoms with van der Waals surface area (Å²) in [6.07, 6.45) is 1.78. The molecule has 1 aliphatic carbocycles. The molecule has 1 saturated carbocycles. The standard InChI is InChI=1S/C16H18N2O4/c1-9-3-4-10(7-13(9)22-2)16(21)18(11-5-6-11)12-8-14(19)17-15(12)20/h3-4,7,11-12H,5-6,8H2,1-2H3,(H,17,19,20). The van der Waals surface area contributed by atoms with E-state index < -0.39 is 6.04 Å². The maximum atomic E-state index is 12.8. The summed E-state index contributed by atoms with van der Waals surface area (Å²) in [5.41, 5.74) is 1.41. The highest BCUT2D eigenvalue weighted by atomic mass is 16.5. The van der Waals surface area contributed by atoms with E-state index in [-0.39, 0.29) is 30.2 Å². The second-order valence-corrected chi connectivity index (χ2v) is 5.76. The lowest BCUT2D eigenvalue weighted by atomic mass is 10.1. The van der Waals surface area contributed by atoms with Gasteiger partial charge in [-0.1, -0.05) is 6.07 Å². The lowest BCUT2D eigenvalue weighted by Crippen LogP contribution is -2.45. The summed E-state index contributed by atoms with van der Waals surface area (Å²) in [5, 5.41) is 2.27. The van der Waals surface area contributed by atoms with Gasteiger partial charge >= 0.3 is 0 Å². The van der Waals surface area contributed by atoms with Crippen LogP contribution in [0.1, 0.15) is 35.2 Å². The first-order chi connectivity index (χ1) is 10.5. The van der Waals surface area contributed by atoms with Gasteiger partial charge in [-0.05, 0) is 37.5 Å². The van der Waals surface area contributed by atoms with Crippen LogP contribution in [0, 0.1) is 6.92 Å². The average Bonchev–Trinajstić information content (AvgIpc) is 3.26. The normalized spacial score (nSPS) is 20.7. The highest BCUT2D eigenvalue weighted by Gasteiger charge is 2.44. The van der Waals surface area contributed by atoms with E-state index >= 15 is 0 Å². The molecule has 0 aromatic heterocycles. The highest BCUT2D eigenvalue weighted by molar-refractivity contribution is 6.08. The predicted octanol–water partition coefficient (Wildman–Crippen LogP) is 1.02. The fourth-order valence-electron chi connectivity index (χ4n) is 2.78. The Labute approximate surface area is 128 Å². The van der Waals surface area contributed by atoms with Gasteiger partial charge in [0.1, 0.15) is 11.8 Å². The van der Waals surface area contributed by atoms with E-state index in [1.807, 2.05) is 13.0 Å². The molecule has 22 heavy (non-hydrogen) atoms. The predicted molar refractivity (Wildman–Crippen MR) is 78.5 cm³/mol. The first-order valence-corrected chi connectivity index (χ1v) is 7.32. The molecule has 1 aromatic carbocycles. The first-order valence-electron chi connectivity index (χ1n) is 7.32. The first kappa shape index (κ1) is 14.6. The molecule has 1 heterocycles. The van der Waals surface area contributed by atoms with Crippen LogP contribution in [-0.2, 0) is 9.59 Å². The number of imide groups is 1. The maximum Gasteiger partial charge on any atom is 0.254 e. The van der Waals surface area contributed by atoms with Crippen molar-refractivity contribution in [1.29, 1.82) is 0 Å². The number of carbonyl (C=O) groups excluding carboxylic acids is 3. The third-order valence-corrected chi connectivity index (χ3v) is 4.11. The molecule has 2 fully saturated rings. The van der Waals surface area contributed by atoms with E-state index in [2.05, 4.69) is 5.32 Å². The van der Waals surface area contributed by atoms with Crippen LogP contribution in [0.5, 0.6) is 5.75 Å². The van der Waals surface area contributed by atoms with Crippen LogP contribution < -0.4 is 10.1 Å². The Hall–Kier alpha value is -2.37. The quantitative estimate of drug-likeness (QED) is 0.843. The van der Waals surface area contributed by atoms with E-state index in [4.69, 9.17) is 4.74 Å². The zero-order chi connectivity index (χ0) is 15.9. The minimum Gasteiger partial charge on any atom is -0.496 e. The number of aryl methyl sites for hydroxylation is 1. The van der Waals surface area contributed by atoms with Crippen molar-refractivity contribution in [2.45, 2.75) is 38.3 Å². The van der Waals surface area contributed by atoms with Crippen molar-refractivity contribution in [2.24, 2.45) is 0 Å². The van der Waals surface area contributed by atoms with Crippen LogP contribution >= 0.6 is 0 Å². The van der Waals surface area contributed by atoms with Gasteiger partial charge in [0, 0.05) is 11.6 Å². The summed E-state index contributed by atoms with van der Waals surface area (Å²) >= 11 is 0. The Bertz CT molecular complexity index is 652. The molecule has 2 aliphatic rings. The molecular formula is C16H18N2O4. The smallest absolute Gasteiger partial charge is 0.254 e. The zero-order valence-corrected chi connectivity index (χ0v) is 12.6. The molecule has 0 radical (unpaired) electrons. The molecule has 6 nitrogen and oxygen atoms in total. The SMILES string of the molecule is COc1cc(C(=O)N(C2CC2)C2CC(=O)NC2=O)ccc1C. The van der Waals surface area contributed by atoms with Gasteiger partial charge < -0.3 is 9.64 Å². The molecule has 1 aromatic rings. The Morgan fingerprint density at radius 2 is 2.05 bits per heavy atom. The van der Waals surface area contributed by atoms with Crippen molar-refractivity contribution in [3.8, 4) is 5.75 Å². The molecule has 0 bridgehead atoms. The molecule has 6 heteroatoms. The van der Waals surface area contributed by atoms with Crippen LogP contribution in [0.2, 0.25) is 0 Å². The molecule has 0 spiro atoms. The van der Waals surface area contributed by atoms with Crippen molar-refractivity contribution >= 4 is 17.7 Å². The third-order valence-electron chi connectivity index (χ3n) is 4.11. The summed E-state index contributed by atoms with van der Waals surface area (Å²) < 4.78 is 5.25. The number of hydrogen-bond donors (Lipinski definition) is 1. The van der Waals surface area contributed by atoms with Crippen LogP contribution in [-0.4, -0.2) is 41.8 Å². The maximum absolute atomic E-state index is 12.8. The van der Waals surface area contributed by atoms with Crippen molar-refractivity contribution in [3.05, 3.63) is 29.3 Å². The van der Waals surface area contributed by atoms with Gasteiger partial charge in [-0.25, -0.2) is 0 Å². The fraction of sp³-hybridized carbons (Fsp3) is 0.438. The average molecular weight is 302 g/mol. The number of benzene rings is 1. The molecule has 116 valence electrons. The zero-order valence-electron chi connectivity index (χ0n) is 12.6. The fourth-order valence-corrected chi connectivity index (χ4v) is 2.78. The molecule has 1 atom stereocenters. The minimum absolute atomic E-state index is 0.0430. The third kappa shape index (κ3) is 2.56. The monoisotopic (exact) mass is 302 g/mol.